The van der Waals surface area contributed by atoms with E-state index in [2.05, 4.69) is 37.4 Å². The molecule has 0 saturated heterocycles. The van der Waals surface area contributed by atoms with Crippen LogP contribution in [0.1, 0.15) is 35.1 Å². The Morgan fingerprint density at radius 3 is 2.50 bits per heavy atom. The Hall–Kier alpha value is -2.62. The van der Waals surface area contributed by atoms with E-state index in [0.29, 0.717) is 24.9 Å². The molecule has 4 heteroatoms. The Labute approximate surface area is 142 Å². The maximum absolute atomic E-state index is 12.1. The molecule has 24 heavy (non-hydrogen) atoms. The predicted octanol–water partition coefficient (Wildman–Crippen LogP) is 3.89. The van der Waals surface area contributed by atoms with E-state index in [9.17, 15) is 9.59 Å². The van der Waals surface area contributed by atoms with E-state index in [1.54, 1.807) is 0 Å². The monoisotopic (exact) mass is 325 g/mol. The number of carbonyl (C=O) groups is 2. The lowest BCUT2D eigenvalue weighted by Crippen LogP contribution is -2.12. The summed E-state index contributed by atoms with van der Waals surface area (Å²) in [6.07, 6.45) is 1.67. The first kappa shape index (κ1) is 17.7. The summed E-state index contributed by atoms with van der Waals surface area (Å²) in [5, 5.41) is 11.6. The Morgan fingerprint density at radius 1 is 1.00 bits per heavy atom. The number of aliphatic carboxylic acids is 1. The van der Waals surface area contributed by atoms with Gasteiger partial charge in [-0.25, -0.2) is 0 Å². The van der Waals surface area contributed by atoms with Crippen molar-refractivity contribution < 1.29 is 14.7 Å². The molecule has 126 valence electrons. The van der Waals surface area contributed by atoms with Crippen molar-refractivity contribution in [1.82, 2.24) is 0 Å². The van der Waals surface area contributed by atoms with Crippen LogP contribution < -0.4 is 5.32 Å². The zero-order chi connectivity index (χ0) is 17.5. The normalized spacial score (nSPS) is 10.4. The third-order valence-corrected chi connectivity index (χ3v) is 3.96. The van der Waals surface area contributed by atoms with Gasteiger partial charge >= 0.3 is 5.97 Å². The zero-order valence-corrected chi connectivity index (χ0v) is 14.1. The smallest absolute Gasteiger partial charge is 0.303 e. The third kappa shape index (κ3) is 5.54. The number of hydrogen-bond donors (Lipinski definition) is 2. The predicted molar refractivity (Wildman–Crippen MR) is 95.3 cm³/mol. The molecule has 0 radical (unpaired) electrons. The van der Waals surface area contributed by atoms with Crippen LogP contribution in [0, 0.1) is 13.8 Å². The summed E-state index contributed by atoms with van der Waals surface area (Å²) in [5.74, 6) is -0.858. The number of aryl methyl sites for hydroxylation is 4. The van der Waals surface area contributed by atoms with Crippen molar-refractivity contribution in [3.05, 3.63) is 64.7 Å². The molecular formula is C20H23NO3. The maximum atomic E-state index is 12.1. The Kier molecular flexibility index (Phi) is 6.13. The molecule has 0 unspecified atom stereocenters. The first-order valence-electron chi connectivity index (χ1n) is 8.11. The number of benzene rings is 2. The number of carboxylic acids is 1. The van der Waals surface area contributed by atoms with Gasteiger partial charge in [0.1, 0.15) is 0 Å². The second-order valence-corrected chi connectivity index (χ2v) is 6.07. The Balaban J connectivity index is 1.90. The van der Waals surface area contributed by atoms with E-state index in [1.165, 1.54) is 16.7 Å². The summed E-state index contributed by atoms with van der Waals surface area (Å²) in [7, 11) is 0. The van der Waals surface area contributed by atoms with Crippen molar-refractivity contribution in [2.24, 2.45) is 0 Å². The number of nitrogens with one attached hydrogen (secondary N) is 1. The third-order valence-electron chi connectivity index (χ3n) is 3.96. The highest BCUT2D eigenvalue weighted by atomic mass is 16.4. The fraction of sp³-hybridized carbons (Fsp3) is 0.300. The minimum absolute atomic E-state index is 0.0367. The molecule has 4 nitrogen and oxygen atoms in total. The van der Waals surface area contributed by atoms with Crippen molar-refractivity contribution in [3.63, 3.8) is 0 Å². The lowest BCUT2D eigenvalue weighted by molar-refractivity contribution is -0.137. The number of hydrogen-bond acceptors (Lipinski definition) is 2. The van der Waals surface area contributed by atoms with E-state index in [-0.39, 0.29) is 12.3 Å². The quantitative estimate of drug-likeness (QED) is 0.811. The molecular weight excluding hydrogens is 302 g/mol. The number of amides is 1. The highest BCUT2D eigenvalue weighted by Crippen LogP contribution is 2.15. The Bertz CT molecular complexity index is 737. The van der Waals surface area contributed by atoms with Crippen molar-refractivity contribution in [2.45, 2.75) is 39.5 Å². The summed E-state index contributed by atoms with van der Waals surface area (Å²) >= 11 is 0. The molecule has 2 aromatic carbocycles. The van der Waals surface area contributed by atoms with Crippen LogP contribution in [0.5, 0.6) is 0 Å². The number of carboxylic acid groups (broad SMARTS) is 1. The second kappa shape index (κ2) is 8.29. The van der Waals surface area contributed by atoms with Crippen molar-refractivity contribution in [3.8, 4) is 0 Å². The molecule has 0 saturated carbocycles. The lowest BCUT2D eigenvalue weighted by atomic mass is 10.0. The fourth-order valence-corrected chi connectivity index (χ4v) is 2.65. The molecule has 2 N–H and O–H groups in total. The largest absolute Gasteiger partial charge is 0.481 e. The summed E-state index contributed by atoms with van der Waals surface area (Å²) in [6, 6.07) is 13.6. The molecule has 2 aromatic rings. The van der Waals surface area contributed by atoms with Crippen LogP contribution >= 0.6 is 0 Å². The van der Waals surface area contributed by atoms with Crippen LogP contribution in [0.3, 0.4) is 0 Å². The van der Waals surface area contributed by atoms with E-state index in [0.717, 1.165) is 5.56 Å². The van der Waals surface area contributed by atoms with Gasteiger partial charge in [0, 0.05) is 18.5 Å². The van der Waals surface area contributed by atoms with E-state index < -0.39 is 5.97 Å². The number of rotatable bonds is 7. The molecule has 0 aliphatic rings. The van der Waals surface area contributed by atoms with Gasteiger partial charge in [0.05, 0.1) is 0 Å². The van der Waals surface area contributed by atoms with Crippen molar-refractivity contribution in [1.29, 1.82) is 0 Å². The maximum Gasteiger partial charge on any atom is 0.303 e. The van der Waals surface area contributed by atoms with Crippen LogP contribution in [0.2, 0.25) is 0 Å². The topological polar surface area (TPSA) is 66.4 Å². The summed E-state index contributed by atoms with van der Waals surface area (Å²) in [4.78, 5) is 22.8. The molecule has 0 bridgehead atoms. The fourth-order valence-electron chi connectivity index (χ4n) is 2.65. The lowest BCUT2D eigenvalue weighted by Gasteiger charge is -2.09. The van der Waals surface area contributed by atoms with Crippen molar-refractivity contribution in [2.75, 3.05) is 5.32 Å². The van der Waals surface area contributed by atoms with Crippen LogP contribution in [-0.2, 0) is 22.4 Å². The first-order valence-corrected chi connectivity index (χ1v) is 8.11. The summed E-state index contributed by atoms with van der Waals surface area (Å²) < 4.78 is 0. The Morgan fingerprint density at radius 2 is 1.79 bits per heavy atom. The molecule has 0 fully saturated rings. The molecule has 0 spiro atoms. The molecule has 0 aromatic heterocycles. The van der Waals surface area contributed by atoms with Gasteiger partial charge in [-0.1, -0.05) is 35.9 Å². The van der Waals surface area contributed by atoms with Crippen LogP contribution in [0.25, 0.3) is 0 Å². The van der Waals surface area contributed by atoms with Gasteiger partial charge in [0.15, 0.2) is 0 Å². The highest BCUT2D eigenvalue weighted by Gasteiger charge is 2.06. The molecule has 1 amide bonds. The molecule has 0 heterocycles. The average Bonchev–Trinajstić information content (AvgIpc) is 2.52. The average molecular weight is 325 g/mol. The number of anilines is 1. The van der Waals surface area contributed by atoms with E-state index in [1.807, 2.05) is 24.3 Å². The van der Waals surface area contributed by atoms with Gasteiger partial charge in [-0.15, -0.1) is 0 Å². The molecule has 0 aliphatic carbocycles. The van der Waals surface area contributed by atoms with Crippen LogP contribution in [-0.4, -0.2) is 17.0 Å². The summed E-state index contributed by atoms with van der Waals surface area (Å²) in [5.41, 5.74) is 5.23. The highest BCUT2D eigenvalue weighted by molar-refractivity contribution is 5.90. The minimum atomic E-state index is -0.821. The molecule has 0 aliphatic heterocycles. The number of carbonyl (C=O) groups excluding carboxylic acids is 1. The van der Waals surface area contributed by atoms with Crippen LogP contribution in [0.15, 0.2) is 42.5 Å². The van der Waals surface area contributed by atoms with Crippen molar-refractivity contribution >= 4 is 17.6 Å². The first-order chi connectivity index (χ1) is 11.4. The van der Waals surface area contributed by atoms with Gasteiger partial charge < -0.3 is 10.4 Å². The molecule has 0 atom stereocenters. The summed E-state index contributed by atoms with van der Waals surface area (Å²) in [6.45, 7) is 4.12. The van der Waals surface area contributed by atoms with Gasteiger partial charge in [0.25, 0.3) is 0 Å². The second-order valence-electron chi connectivity index (χ2n) is 6.07. The van der Waals surface area contributed by atoms with Gasteiger partial charge in [-0.05, 0) is 55.5 Å². The van der Waals surface area contributed by atoms with E-state index >= 15 is 0 Å². The minimum Gasteiger partial charge on any atom is -0.481 e. The SMILES string of the molecule is Cc1ccc(CCC(=O)Nc2cccc(CCC(=O)O)c2)c(C)c1. The van der Waals surface area contributed by atoms with Gasteiger partial charge in [-0.2, -0.15) is 0 Å². The molecule has 2 rings (SSSR count). The van der Waals surface area contributed by atoms with Crippen LogP contribution in [0.4, 0.5) is 5.69 Å². The van der Waals surface area contributed by atoms with Gasteiger partial charge in [-0.3, -0.25) is 9.59 Å². The zero-order valence-electron chi connectivity index (χ0n) is 14.1. The van der Waals surface area contributed by atoms with Gasteiger partial charge in [0.2, 0.25) is 5.91 Å². The van der Waals surface area contributed by atoms with E-state index in [4.69, 9.17) is 5.11 Å². The standard InChI is InChI=1S/C20H23NO3/c1-14-6-8-17(15(2)12-14)9-10-19(22)21-18-5-3-4-16(13-18)7-11-20(23)24/h3-6,8,12-13H,7,9-11H2,1-2H3,(H,21,22)(H,23,24).